The topological polar surface area (TPSA) is 60.4 Å². The van der Waals surface area contributed by atoms with Gasteiger partial charge in [0.2, 0.25) is 11.6 Å². The van der Waals surface area contributed by atoms with Crippen LogP contribution in [-0.2, 0) is 19.1 Å². The summed E-state index contributed by atoms with van der Waals surface area (Å²) in [5.74, 6) is 1.27. The summed E-state index contributed by atoms with van der Waals surface area (Å²) in [6.07, 6.45) is 6.36. The molecule has 0 N–H and O–H groups in total. The van der Waals surface area contributed by atoms with Crippen LogP contribution in [0.1, 0.15) is 45.4 Å². The summed E-state index contributed by atoms with van der Waals surface area (Å²) in [6, 6.07) is 0. The van der Waals surface area contributed by atoms with Gasteiger partial charge in [-0.05, 0) is 49.9 Å². The smallest absolute Gasteiger partial charge is 0.229 e. The average molecular weight is 314 g/mol. The number of ketones is 3. The highest BCUT2D eigenvalue weighted by Crippen LogP contribution is 2.59. The number of carbonyl (C=O) groups excluding carboxylic acids is 3. The van der Waals surface area contributed by atoms with Gasteiger partial charge in [-0.3, -0.25) is 14.4 Å². The summed E-state index contributed by atoms with van der Waals surface area (Å²) in [5.41, 5.74) is 1.46. The van der Waals surface area contributed by atoms with E-state index in [1.807, 2.05) is 0 Å². The molecule has 0 spiro atoms. The Hall–Kier alpha value is -1.71. The Bertz CT molecular complexity index is 683. The number of hydrogen-bond donors (Lipinski definition) is 0. The Morgan fingerprint density at radius 2 is 1.91 bits per heavy atom. The van der Waals surface area contributed by atoms with E-state index in [0.29, 0.717) is 41.8 Å². The Morgan fingerprint density at radius 1 is 1.13 bits per heavy atom. The van der Waals surface area contributed by atoms with Crippen LogP contribution in [0.25, 0.3) is 0 Å². The molecule has 0 aromatic rings. The van der Waals surface area contributed by atoms with Gasteiger partial charge in [0.1, 0.15) is 11.5 Å². The van der Waals surface area contributed by atoms with E-state index in [1.54, 1.807) is 7.11 Å². The van der Waals surface area contributed by atoms with Crippen LogP contribution in [0.5, 0.6) is 0 Å². The predicted octanol–water partition coefficient (Wildman–Crippen LogP) is 2.77. The lowest BCUT2D eigenvalue weighted by Gasteiger charge is -2.49. The number of Topliss-reactive ketones (excluding diaryl/α,β-unsaturated/α-hetero) is 2. The van der Waals surface area contributed by atoms with E-state index in [1.165, 1.54) is 6.08 Å². The molecule has 4 rings (SSSR count). The molecule has 4 heteroatoms. The SMILES string of the molecule is COC1=CC(=O)C(=O)C2=C1[C@H]1CC[C@]3(C)C(=O)CC[C@H]3[C@@H]1CC2. The molecule has 0 saturated heterocycles. The molecular formula is C19H22O4. The summed E-state index contributed by atoms with van der Waals surface area (Å²) in [7, 11) is 1.56. The number of carbonyl (C=O) groups is 3. The quantitative estimate of drug-likeness (QED) is 0.551. The van der Waals surface area contributed by atoms with Crippen LogP contribution in [-0.4, -0.2) is 24.5 Å². The van der Waals surface area contributed by atoms with E-state index in [2.05, 4.69) is 6.92 Å². The van der Waals surface area contributed by atoms with Gasteiger partial charge >= 0.3 is 0 Å². The van der Waals surface area contributed by atoms with Crippen molar-refractivity contribution in [3.63, 3.8) is 0 Å². The highest BCUT2D eigenvalue weighted by atomic mass is 16.5. The molecule has 4 atom stereocenters. The molecule has 4 aliphatic carbocycles. The van der Waals surface area contributed by atoms with E-state index in [9.17, 15) is 14.4 Å². The van der Waals surface area contributed by atoms with Crippen LogP contribution in [0.15, 0.2) is 23.0 Å². The monoisotopic (exact) mass is 314 g/mol. The maximum atomic E-state index is 12.4. The number of ether oxygens (including phenoxy) is 1. The lowest BCUT2D eigenvalue weighted by atomic mass is 9.54. The van der Waals surface area contributed by atoms with Crippen LogP contribution >= 0.6 is 0 Å². The fourth-order valence-corrected chi connectivity index (χ4v) is 5.64. The van der Waals surface area contributed by atoms with Crippen molar-refractivity contribution in [2.45, 2.75) is 45.4 Å². The normalized spacial score (nSPS) is 39.7. The van der Waals surface area contributed by atoms with Crippen molar-refractivity contribution in [1.82, 2.24) is 0 Å². The van der Waals surface area contributed by atoms with E-state index < -0.39 is 5.78 Å². The molecule has 2 fully saturated rings. The van der Waals surface area contributed by atoms with Gasteiger partial charge in [-0.15, -0.1) is 0 Å². The second kappa shape index (κ2) is 4.89. The molecule has 0 bridgehead atoms. The maximum absolute atomic E-state index is 12.4. The van der Waals surface area contributed by atoms with Crippen molar-refractivity contribution < 1.29 is 19.1 Å². The zero-order valence-electron chi connectivity index (χ0n) is 13.7. The van der Waals surface area contributed by atoms with Crippen molar-refractivity contribution in [2.75, 3.05) is 7.11 Å². The van der Waals surface area contributed by atoms with Crippen molar-refractivity contribution >= 4 is 17.3 Å². The number of methoxy groups -OCH3 is 1. The number of rotatable bonds is 1. The second-order valence-corrected chi connectivity index (χ2v) is 7.63. The minimum atomic E-state index is -0.462. The van der Waals surface area contributed by atoms with Crippen LogP contribution in [0.2, 0.25) is 0 Å². The third kappa shape index (κ3) is 1.87. The predicted molar refractivity (Wildman–Crippen MR) is 83.4 cm³/mol. The molecule has 23 heavy (non-hydrogen) atoms. The fourth-order valence-electron chi connectivity index (χ4n) is 5.64. The first kappa shape index (κ1) is 14.9. The number of fused-ring (bicyclic) bond motifs is 4. The van der Waals surface area contributed by atoms with Gasteiger partial charge < -0.3 is 4.74 Å². The van der Waals surface area contributed by atoms with Crippen LogP contribution in [0.3, 0.4) is 0 Å². The molecule has 4 aliphatic rings. The third-order valence-electron chi connectivity index (χ3n) is 6.82. The zero-order valence-corrected chi connectivity index (χ0v) is 13.7. The van der Waals surface area contributed by atoms with Gasteiger partial charge in [-0.1, -0.05) is 6.92 Å². The summed E-state index contributed by atoms with van der Waals surface area (Å²) < 4.78 is 5.45. The van der Waals surface area contributed by atoms with Crippen LogP contribution in [0, 0.1) is 23.2 Å². The second-order valence-electron chi connectivity index (χ2n) is 7.63. The van der Waals surface area contributed by atoms with E-state index in [4.69, 9.17) is 4.74 Å². The Labute approximate surface area is 136 Å². The number of allylic oxidation sites excluding steroid dienone is 3. The summed E-state index contributed by atoms with van der Waals surface area (Å²) in [4.78, 5) is 36.5. The van der Waals surface area contributed by atoms with Gasteiger partial charge in [0.25, 0.3) is 0 Å². The Morgan fingerprint density at radius 3 is 2.65 bits per heavy atom. The molecule has 0 radical (unpaired) electrons. The van der Waals surface area contributed by atoms with Gasteiger partial charge in [0.05, 0.1) is 7.11 Å². The average Bonchev–Trinajstić information content (AvgIpc) is 2.85. The first-order chi connectivity index (χ1) is 11.0. The molecular weight excluding hydrogens is 292 g/mol. The first-order valence-corrected chi connectivity index (χ1v) is 8.58. The van der Waals surface area contributed by atoms with E-state index in [0.717, 1.165) is 31.3 Å². The van der Waals surface area contributed by atoms with Crippen molar-refractivity contribution in [3.05, 3.63) is 23.0 Å². The largest absolute Gasteiger partial charge is 0.496 e. The Balaban J connectivity index is 1.76. The molecule has 4 nitrogen and oxygen atoms in total. The van der Waals surface area contributed by atoms with Crippen molar-refractivity contribution in [3.8, 4) is 0 Å². The summed E-state index contributed by atoms with van der Waals surface area (Å²) in [5, 5.41) is 0. The summed E-state index contributed by atoms with van der Waals surface area (Å²) >= 11 is 0. The van der Waals surface area contributed by atoms with Gasteiger partial charge in [-0.25, -0.2) is 0 Å². The zero-order chi connectivity index (χ0) is 16.4. The molecule has 122 valence electrons. The molecule has 0 aromatic carbocycles. The Kier molecular flexibility index (Phi) is 3.16. The highest BCUT2D eigenvalue weighted by Gasteiger charge is 2.56. The van der Waals surface area contributed by atoms with Crippen molar-refractivity contribution in [2.24, 2.45) is 23.2 Å². The van der Waals surface area contributed by atoms with Gasteiger partial charge in [0, 0.05) is 29.1 Å². The minimum Gasteiger partial charge on any atom is -0.496 e. The standard InChI is InChI=1S/C19H22O4/c1-19-8-7-11-10(13(19)5-6-16(19)21)3-4-12-17(11)15(23-2)9-14(20)18(12)22/h9-11,13H,3-8H2,1-2H3/t10-,11+,13+,19+/m1/s1. The van der Waals surface area contributed by atoms with E-state index in [-0.39, 0.29) is 17.1 Å². The van der Waals surface area contributed by atoms with Gasteiger partial charge in [0.15, 0.2) is 0 Å². The lowest BCUT2D eigenvalue weighted by Crippen LogP contribution is -2.45. The van der Waals surface area contributed by atoms with Crippen molar-refractivity contribution in [1.29, 1.82) is 0 Å². The molecule has 0 aromatic heterocycles. The highest BCUT2D eigenvalue weighted by molar-refractivity contribution is 6.48. The lowest BCUT2D eigenvalue weighted by molar-refractivity contribution is -0.132. The maximum Gasteiger partial charge on any atom is 0.229 e. The summed E-state index contributed by atoms with van der Waals surface area (Å²) in [6.45, 7) is 2.13. The van der Waals surface area contributed by atoms with Crippen LogP contribution in [0.4, 0.5) is 0 Å². The fraction of sp³-hybridized carbons (Fsp3) is 0.632. The first-order valence-electron chi connectivity index (χ1n) is 8.58. The molecule has 0 heterocycles. The third-order valence-corrected chi connectivity index (χ3v) is 6.82. The number of hydrogen-bond acceptors (Lipinski definition) is 4. The molecule has 2 saturated carbocycles. The molecule has 0 aliphatic heterocycles. The van der Waals surface area contributed by atoms with Gasteiger partial charge in [-0.2, -0.15) is 0 Å². The molecule has 0 unspecified atom stereocenters. The van der Waals surface area contributed by atoms with E-state index >= 15 is 0 Å². The van der Waals surface area contributed by atoms with Crippen LogP contribution < -0.4 is 0 Å². The minimum absolute atomic E-state index is 0.176. The molecule has 0 amide bonds.